The summed E-state index contributed by atoms with van der Waals surface area (Å²) < 4.78 is 13.2. The van der Waals surface area contributed by atoms with Crippen molar-refractivity contribution in [3.05, 3.63) is 54.4 Å². The van der Waals surface area contributed by atoms with Gasteiger partial charge in [0.15, 0.2) is 0 Å². The lowest BCUT2D eigenvalue weighted by molar-refractivity contribution is -0.117. The first-order chi connectivity index (χ1) is 13.1. The third-order valence-corrected chi connectivity index (χ3v) is 5.24. The number of furan rings is 1. The van der Waals surface area contributed by atoms with Crippen LogP contribution in [0.25, 0.3) is 21.9 Å². The number of aryl methyl sites for hydroxylation is 1. The van der Waals surface area contributed by atoms with Gasteiger partial charge in [-0.25, -0.2) is 0 Å². The molecule has 1 amide bonds. The number of fused-ring (bicyclic) bond motifs is 3. The number of aromatic nitrogens is 2. The summed E-state index contributed by atoms with van der Waals surface area (Å²) in [6.07, 6.45) is 4.64. The number of hydrogen-bond donors (Lipinski definition) is 1. The van der Waals surface area contributed by atoms with E-state index in [1.807, 2.05) is 55.8 Å². The smallest absolute Gasteiger partial charge is 0.228 e. The van der Waals surface area contributed by atoms with Gasteiger partial charge in [0.25, 0.3) is 0 Å². The van der Waals surface area contributed by atoms with Crippen LogP contribution in [0, 0.1) is 5.92 Å². The van der Waals surface area contributed by atoms with Gasteiger partial charge in [0.1, 0.15) is 16.9 Å². The molecule has 1 saturated carbocycles. The van der Waals surface area contributed by atoms with E-state index in [1.54, 1.807) is 11.8 Å². The molecular formula is C21H19N3O3. The number of benzene rings is 2. The van der Waals surface area contributed by atoms with E-state index in [-0.39, 0.29) is 17.7 Å². The summed E-state index contributed by atoms with van der Waals surface area (Å²) in [6, 6.07) is 11.6. The lowest BCUT2D eigenvalue weighted by Gasteiger charge is -2.10. The number of anilines is 1. The van der Waals surface area contributed by atoms with Crippen LogP contribution in [0.15, 0.2) is 53.2 Å². The molecule has 1 fully saturated rings. The highest BCUT2D eigenvalue weighted by Crippen LogP contribution is 2.48. The van der Waals surface area contributed by atoms with Crippen LogP contribution in [-0.4, -0.2) is 22.8 Å². The molecule has 0 saturated heterocycles. The summed E-state index contributed by atoms with van der Waals surface area (Å²) in [5.74, 6) is 0.823. The zero-order chi connectivity index (χ0) is 18.5. The van der Waals surface area contributed by atoms with E-state index in [0.29, 0.717) is 11.4 Å². The highest BCUT2D eigenvalue weighted by molar-refractivity contribution is 6.08. The van der Waals surface area contributed by atoms with E-state index in [4.69, 9.17) is 9.15 Å². The topological polar surface area (TPSA) is 69.3 Å². The molecule has 6 nitrogen and oxygen atoms in total. The van der Waals surface area contributed by atoms with Gasteiger partial charge in [0, 0.05) is 36.0 Å². The second-order valence-corrected chi connectivity index (χ2v) is 7.03. The molecule has 2 aromatic heterocycles. The Bertz CT molecular complexity index is 1170. The van der Waals surface area contributed by atoms with E-state index in [1.165, 1.54) is 0 Å². The molecule has 0 spiro atoms. The summed E-state index contributed by atoms with van der Waals surface area (Å²) in [4.78, 5) is 12.7. The molecule has 4 aromatic rings. The molecule has 1 aliphatic rings. The maximum Gasteiger partial charge on any atom is 0.228 e. The van der Waals surface area contributed by atoms with Crippen molar-refractivity contribution in [2.24, 2.45) is 13.0 Å². The summed E-state index contributed by atoms with van der Waals surface area (Å²) in [7, 11) is 3.49. The monoisotopic (exact) mass is 361 g/mol. The Hall–Kier alpha value is -3.28. The number of carbonyl (C=O) groups excluding carboxylic acids is 1. The van der Waals surface area contributed by atoms with Gasteiger partial charge in [-0.2, -0.15) is 5.10 Å². The first-order valence-electron chi connectivity index (χ1n) is 8.92. The van der Waals surface area contributed by atoms with Crippen LogP contribution in [-0.2, 0) is 11.8 Å². The van der Waals surface area contributed by atoms with Gasteiger partial charge >= 0.3 is 0 Å². The Balaban J connectivity index is 1.44. The summed E-state index contributed by atoms with van der Waals surface area (Å²) in [5.41, 5.74) is 3.28. The fraction of sp³-hybridized carbons (Fsp3) is 0.238. The lowest BCUT2D eigenvalue weighted by Crippen LogP contribution is -2.15. The largest absolute Gasteiger partial charge is 0.495 e. The summed E-state index contributed by atoms with van der Waals surface area (Å²) >= 11 is 0. The normalized spacial score (nSPS) is 18.7. The van der Waals surface area contributed by atoms with Crippen molar-refractivity contribution < 1.29 is 13.9 Å². The number of rotatable bonds is 4. The predicted octanol–water partition coefficient (Wildman–Crippen LogP) is 4.07. The number of carbonyl (C=O) groups is 1. The molecule has 0 aliphatic heterocycles. The minimum atomic E-state index is -0.0368. The van der Waals surface area contributed by atoms with Crippen LogP contribution >= 0.6 is 0 Å². The Morgan fingerprint density at radius 2 is 2.11 bits per heavy atom. The van der Waals surface area contributed by atoms with Gasteiger partial charge < -0.3 is 14.5 Å². The molecule has 2 aromatic carbocycles. The maximum absolute atomic E-state index is 12.7. The SMILES string of the molecule is COc1cc2c(cc1NC(=O)[C@@H]1C[C@H]1c1cnn(C)c1)oc1ccccc12. The lowest BCUT2D eigenvalue weighted by atomic mass is 10.1. The second-order valence-electron chi connectivity index (χ2n) is 7.03. The van der Waals surface area contributed by atoms with Crippen LogP contribution in [0.3, 0.4) is 0 Å². The van der Waals surface area contributed by atoms with Crippen LogP contribution in [0.4, 0.5) is 5.69 Å². The van der Waals surface area contributed by atoms with E-state index in [9.17, 15) is 4.79 Å². The zero-order valence-electron chi connectivity index (χ0n) is 15.1. The van der Waals surface area contributed by atoms with E-state index < -0.39 is 0 Å². The quantitative estimate of drug-likeness (QED) is 0.595. The van der Waals surface area contributed by atoms with Crippen LogP contribution in [0.2, 0.25) is 0 Å². The molecule has 136 valence electrons. The molecule has 5 rings (SSSR count). The van der Waals surface area contributed by atoms with Crippen molar-refractivity contribution in [2.75, 3.05) is 12.4 Å². The zero-order valence-corrected chi connectivity index (χ0v) is 15.1. The first kappa shape index (κ1) is 15.9. The van der Waals surface area contributed by atoms with Gasteiger partial charge in [0.2, 0.25) is 5.91 Å². The molecule has 0 unspecified atom stereocenters. The second kappa shape index (κ2) is 5.87. The van der Waals surface area contributed by atoms with Crippen LogP contribution < -0.4 is 10.1 Å². The first-order valence-corrected chi connectivity index (χ1v) is 8.92. The molecule has 27 heavy (non-hydrogen) atoms. The Morgan fingerprint density at radius 1 is 1.26 bits per heavy atom. The van der Waals surface area contributed by atoms with Gasteiger partial charge in [-0.15, -0.1) is 0 Å². The Morgan fingerprint density at radius 3 is 2.89 bits per heavy atom. The minimum absolute atomic E-state index is 0.00221. The minimum Gasteiger partial charge on any atom is -0.495 e. The third kappa shape index (κ3) is 2.65. The van der Waals surface area contributed by atoms with E-state index >= 15 is 0 Å². The fourth-order valence-electron chi connectivity index (χ4n) is 3.73. The highest BCUT2D eigenvalue weighted by atomic mass is 16.5. The van der Waals surface area contributed by atoms with E-state index in [0.717, 1.165) is 33.9 Å². The highest BCUT2D eigenvalue weighted by Gasteiger charge is 2.44. The molecule has 2 atom stereocenters. The predicted molar refractivity (Wildman–Crippen MR) is 103 cm³/mol. The van der Waals surface area contributed by atoms with Crippen LogP contribution in [0.1, 0.15) is 17.9 Å². The molecule has 0 bridgehead atoms. The van der Waals surface area contributed by atoms with Crippen molar-refractivity contribution in [2.45, 2.75) is 12.3 Å². The van der Waals surface area contributed by atoms with Crippen molar-refractivity contribution in [1.29, 1.82) is 0 Å². The average Bonchev–Trinajstić information content (AvgIpc) is 3.23. The van der Waals surface area contributed by atoms with Gasteiger partial charge in [-0.1, -0.05) is 18.2 Å². The summed E-state index contributed by atoms with van der Waals surface area (Å²) in [6.45, 7) is 0. The molecule has 0 radical (unpaired) electrons. The Kier molecular flexibility index (Phi) is 3.47. The fourth-order valence-corrected chi connectivity index (χ4v) is 3.73. The number of hydrogen-bond acceptors (Lipinski definition) is 4. The van der Waals surface area contributed by atoms with Gasteiger partial charge in [-0.05, 0) is 30.0 Å². The molecule has 1 N–H and O–H groups in total. The van der Waals surface area contributed by atoms with Crippen molar-refractivity contribution in [1.82, 2.24) is 9.78 Å². The molecular weight excluding hydrogens is 342 g/mol. The van der Waals surface area contributed by atoms with Gasteiger partial charge in [0.05, 0.1) is 19.0 Å². The summed E-state index contributed by atoms with van der Waals surface area (Å²) in [5, 5.41) is 9.21. The number of nitrogens with zero attached hydrogens (tertiary/aromatic N) is 2. The molecule has 2 heterocycles. The molecule has 6 heteroatoms. The standard InChI is InChI=1S/C21H19N3O3/c1-24-11-12(10-22-24)14-7-16(14)21(25)23-17-9-19-15(8-20(17)26-2)13-5-3-4-6-18(13)27-19/h3-6,8-11,14,16H,7H2,1-2H3,(H,23,25)/t14-,16+/m0/s1. The van der Waals surface area contributed by atoms with Crippen molar-refractivity contribution in [3.63, 3.8) is 0 Å². The number of nitrogens with one attached hydrogen (secondary N) is 1. The third-order valence-electron chi connectivity index (χ3n) is 5.24. The number of methoxy groups -OCH3 is 1. The Labute approximate surface area is 155 Å². The maximum atomic E-state index is 12.7. The van der Waals surface area contributed by atoms with E-state index in [2.05, 4.69) is 10.4 Å². The number of ether oxygens (including phenoxy) is 1. The van der Waals surface area contributed by atoms with Gasteiger partial charge in [-0.3, -0.25) is 9.48 Å². The number of para-hydroxylation sites is 1. The van der Waals surface area contributed by atoms with Crippen molar-refractivity contribution >= 4 is 33.5 Å². The number of amides is 1. The van der Waals surface area contributed by atoms with Crippen LogP contribution in [0.5, 0.6) is 5.75 Å². The average molecular weight is 361 g/mol. The van der Waals surface area contributed by atoms with Crippen molar-refractivity contribution in [3.8, 4) is 5.75 Å². The molecule has 1 aliphatic carbocycles.